The van der Waals surface area contributed by atoms with Gasteiger partial charge in [0.15, 0.2) is 0 Å². The summed E-state index contributed by atoms with van der Waals surface area (Å²) >= 11 is 0. The van der Waals surface area contributed by atoms with Crippen molar-refractivity contribution in [3.63, 3.8) is 0 Å². The van der Waals surface area contributed by atoms with Crippen molar-refractivity contribution in [3.05, 3.63) is 65.2 Å². The molecule has 0 bridgehead atoms. The van der Waals surface area contributed by atoms with Gasteiger partial charge in [0.05, 0.1) is 17.5 Å². The minimum absolute atomic E-state index is 0.148. The number of carbonyl (C=O) groups is 1. The normalized spacial score (nSPS) is 11.1. The molecule has 0 heterocycles. The Morgan fingerprint density at radius 3 is 2.33 bits per heavy atom. The lowest BCUT2D eigenvalue weighted by molar-refractivity contribution is 0.0955. The molecule has 2 rings (SSSR count). The fourth-order valence-electron chi connectivity index (χ4n) is 2.14. The SMILES string of the molecule is CS(=O)(=O)Nc1ccccc1C(=O)NCCc1cc(F)cc(F)c1. The summed E-state index contributed by atoms with van der Waals surface area (Å²) in [5.41, 5.74) is 0.734. The zero-order chi connectivity index (χ0) is 17.7. The van der Waals surface area contributed by atoms with Gasteiger partial charge in [-0.1, -0.05) is 12.1 Å². The average molecular weight is 354 g/mol. The quantitative estimate of drug-likeness (QED) is 0.836. The van der Waals surface area contributed by atoms with Crippen LogP contribution in [0.25, 0.3) is 0 Å². The number of anilines is 1. The Morgan fingerprint density at radius 2 is 1.71 bits per heavy atom. The number of para-hydroxylation sites is 1. The highest BCUT2D eigenvalue weighted by Gasteiger charge is 2.13. The van der Waals surface area contributed by atoms with Gasteiger partial charge in [0.25, 0.3) is 5.91 Å². The van der Waals surface area contributed by atoms with Gasteiger partial charge in [0.1, 0.15) is 11.6 Å². The van der Waals surface area contributed by atoms with Crippen molar-refractivity contribution in [1.29, 1.82) is 0 Å². The number of carbonyl (C=O) groups excluding carboxylic acids is 1. The molecule has 24 heavy (non-hydrogen) atoms. The van der Waals surface area contributed by atoms with Crippen LogP contribution in [0.15, 0.2) is 42.5 Å². The monoisotopic (exact) mass is 354 g/mol. The predicted octanol–water partition coefficient (Wildman–Crippen LogP) is 2.31. The second-order valence-electron chi connectivity index (χ2n) is 5.20. The van der Waals surface area contributed by atoms with Gasteiger partial charge in [-0.25, -0.2) is 17.2 Å². The Kier molecular flexibility index (Phi) is 5.50. The molecule has 0 saturated carbocycles. The Labute approximate surface area is 138 Å². The van der Waals surface area contributed by atoms with E-state index in [1.807, 2.05) is 0 Å². The first kappa shape index (κ1) is 17.9. The van der Waals surface area contributed by atoms with Crippen LogP contribution in [0.5, 0.6) is 0 Å². The third-order valence-corrected chi connectivity index (χ3v) is 3.68. The number of halogens is 2. The predicted molar refractivity (Wildman–Crippen MR) is 87.3 cm³/mol. The van der Waals surface area contributed by atoms with Crippen molar-refractivity contribution in [3.8, 4) is 0 Å². The fourth-order valence-corrected chi connectivity index (χ4v) is 2.72. The number of hydrogen-bond acceptors (Lipinski definition) is 3. The third kappa shape index (κ3) is 5.31. The summed E-state index contributed by atoms with van der Waals surface area (Å²) in [5.74, 6) is -1.85. The molecule has 0 spiro atoms. The van der Waals surface area contributed by atoms with Gasteiger partial charge < -0.3 is 5.32 Å². The van der Waals surface area contributed by atoms with Crippen molar-refractivity contribution >= 4 is 21.6 Å². The molecule has 2 aromatic carbocycles. The zero-order valence-corrected chi connectivity index (χ0v) is 13.7. The maximum atomic E-state index is 13.1. The minimum Gasteiger partial charge on any atom is -0.352 e. The fraction of sp³-hybridized carbons (Fsp3) is 0.188. The van der Waals surface area contributed by atoms with Crippen LogP contribution < -0.4 is 10.0 Å². The summed E-state index contributed by atoms with van der Waals surface area (Å²) in [6, 6.07) is 9.30. The maximum absolute atomic E-state index is 13.1. The van der Waals surface area contributed by atoms with Gasteiger partial charge in [0, 0.05) is 12.6 Å². The molecule has 0 aliphatic rings. The Morgan fingerprint density at radius 1 is 1.08 bits per heavy atom. The summed E-state index contributed by atoms with van der Waals surface area (Å²) < 4.78 is 51.1. The van der Waals surface area contributed by atoms with E-state index >= 15 is 0 Å². The highest BCUT2D eigenvalue weighted by Crippen LogP contribution is 2.16. The standard InChI is InChI=1S/C16H16F2N2O3S/c1-24(22,23)20-15-5-3-2-4-14(15)16(21)19-7-6-11-8-12(17)10-13(18)9-11/h2-5,8-10,20H,6-7H2,1H3,(H,19,21). The van der Waals surface area contributed by atoms with Crippen molar-refractivity contribution in [1.82, 2.24) is 5.32 Å². The first-order valence-corrected chi connectivity index (χ1v) is 8.94. The largest absolute Gasteiger partial charge is 0.352 e. The van der Waals surface area contributed by atoms with Crippen molar-refractivity contribution in [2.45, 2.75) is 6.42 Å². The molecule has 2 aromatic rings. The molecule has 0 aromatic heterocycles. The topological polar surface area (TPSA) is 75.3 Å². The summed E-state index contributed by atoms with van der Waals surface area (Å²) in [5, 5.41) is 2.59. The lowest BCUT2D eigenvalue weighted by atomic mass is 10.1. The van der Waals surface area contributed by atoms with E-state index in [1.165, 1.54) is 24.3 Å². The minimum atomic E-state index is -3.52. The molecule has 1 amide bonds. The van der Waals surface area contributed by atoms with E-state index in [9.17, 15) is 22.0 Å². The number of nitrogens with one attached hydrogen (secondary N) is 2. The van der Waals surface area contributed by atoms with Crippen LogP contribution in [0, 0.1) is 11.6 Å². The van der Waals surface area contributed by atoms with E-state index in [0.29, 0.717) is 5.56 Å². The van der Waals surface area contributed by atoms with Crippen molar-refractivity contribution < 1.29 is 22.0 Å². The molecule has 0 saturated heterocycles. The van der Waals surface area contributed by atoms with Crippen LogP contribution in [0.2, 0.25) is 0 Å². The van der Waals surface area contributed by atoms with E-state index < -0.39 is 27.6 Å². The van der Waals surface area contributed by atoms with Gasteiger partial charge in [-0.15, -0.1) is 0 Å². The lowest BCUT2D eigenvalue weighted by Gasteiger charge is -2.11. The van der Waals surface area contributed by atoms with Crippen LogP contribution in [-0.2, 0) is 16.4 Å². The molecule has 0 fully saturated rings. The van der Waals surface area contributed by atoms with Crippen LogP contribution in [0.1, 0.15) is 15.9 Å². The Hall–Kier alpha value is -2.48. The Bertz CT molecular complexity index is 834. The average Bonchev–Trinajstić information content (AvgIpc) is 2.45. The van der Waals surface area contributed by atoms with Gasteiger partial charge in [-0.05, 0) is 36.2 Å². The summed E-state index contributed by atoms with van der Waals surface area (Å²) in [4.78, 5) is 12.2. The van der Waals surface area contributed by atoms with E-state index in [4.69, 9.17) is 0 Å². The molecular formula is C16H16F2N2O3S. The summed E-state index contributed by atoms with van der Waals surface area (Å²) in [6.45, 7) is 0.148. The highest BCUT2D eigenvalue weighted by molar-refractivity contribution is 7.92. The van der Waals surface area contributed by atoms with Crippen molar-refractivity contribution in [2.75, 3.05) is 17.5 Å². The van der Waals surface area contributed by atoms with E-state index in [2.05, 4.69) is 10.0 Å². The van der Waals surface area contributed by atoms with E-state index in [0.717, 1.165) is 12.3 Å². The van der Waals surface area contributed by atoms with E-state index in [-0.39, 0.29) is 24.2 Å². The van der Waals surface area contributed by atoms with Crippen LogP contribution in [0.3, 0.4) is 0 Å². The molecule has 0 radical (unpaired) electrons. The molecule has 5 nitrogen and oxygen atoms in total. The second kappa shape index (κ2) is 7.39. The molecule has 0 aliphatic heterocycles. The van der Waals surface area contributed by atoms with Crippen LogP contribution >= 0.6 is 0 Å². The number of amides is 1. The number of benzene rings is 2. The highest BCUT2D eigenvalue weighted by atomic mass is 32.2. The first-order valence-electron chi connectivity index (χ1n) is 7.04. The molecule has 8 heteroatoms. The van der Waals surface area contributed by atoms with Gasteiger partial charge in [-0.3, -0.25) is 9.52 Å². The molecule has 0 atom stereocenters. The molecule has 128 valence electrons. The number of hydrogen-bond donors (Lipinski definition) is 2. The van der Waals surface area contributed by atoms with Crippen LogP contribution in [-0.4, -0.2) is 27.1 Å². The molecular weight excluding hydrogens is 338 g/mol. The second-order valence-corrected chi connectivity index (χ2v) is 6.95. The zero-order valence-electron chi connectivity index (χ0n) is 12.8. The lowest BCUT2D eigenvalue weighted by Crippen LogP contribution is -2.27. The van der Waals surface area contributed by atoms with Gasteiger partial charge in [-0.2, -0.15) is 0 Å². The molecule has 0 unspecified atom stereocenters. The first-order chi connectivity index (χ1) is 11.2. The summed E-state index contributed by atoms with van der Waals surface area (Å²) in [7, 11) is -3.52. The maximum Gasteiger partial charge on any atom is 0.253 e. The van der Waals surface area contributed by atoms with Crippen molar-refractivity contribution in [2.24, 2.45) is 0 Å². The number of rotatable bonds is 6. The van der Waals surface area contributed by atoms with Gasteiger partial charge in [0.2, 0.25) is 10.0 Å². The third-order valence-electron chi connectivity index (χ3n) is 3.09. The summed E-state index contributed by atoms with van der Waals surface area (Å²) in [6.07, 6.45) is 1.22. The van der Waals surface area contributed by atoms with Crippen LogP contribution in [0.4, 0.5) is 14.5 Å². The molecule has 2 N–H and O–H groups in total. The molecule has 0 aliphatic carbocycles. The number of sulfonamides is 1. The van der Waals surface area contributed by atoms with E-state index in [1.54, 1.807) is 12.1 Å². The smallest absolute Gasteiger partial charge is 0.253 e. The van der Waals surface area contributed by atoms with Gasteiger partial charge >= 0.3 is 0 Å². The Balaban J connectivity index is 2.03.